The minimum Gasteiger partial charge on any atom is -0.314 e. The summed E-state index contributed by atoms with van der Waals surface area (Å²) in [7, 11) is 2.94. The first-order chi connectivity index (χ1) is 19.0. The Morgan fingerprint density at radius 2 is 1.35 bits per heavy atom. The van der Waals surface area contributed by atoms with Gasteiger partial charge in [0.05, 0.1) is 0 Å². The SMILES string of the molecule is CC(C)(C)c1cc(CP(C2CNCCN2)C2CNCCN2)c(C23CC4CC(CC(C4)C2CP)C3)cc1C(C)(C)C. The molecule has 6 aliphatic rings. The Kier molecular flexibility index (Phi) is 8.58. The molecule has 6 unspecified atom stereocenters. The molecule has 4 aliphatic carbocycles. The summed E-state index contributed by atoms with van der Waals surface area (Å²) >= 11 is 0. The molecule has 4 nitrogen and oxygen atoms in total. The van der Waals surface area contributed by atoms with Crippen molar-refractivity contribution in [1.29, 1.82) is 0 Å². The molecule has 7 rings (SSSR count). The molecule has 224 valence electrons. The minimum absolute atomic E-state index is 0.134. The van der Waals surface area contributed by atoms with Crippen LogP contribution in [0, 0.1) is 23.7 Å². The van der Waals surface area contributed by atoms with Gasteiger partial charge in [-0.2, -0.15) is 0 Å². The Balaban J connectivity index is 1.51. The van der Waals surface area contributed by atoms with Gasteiger partial charge in [0.15, 0.2) is 0 Å². The molecule has 4 N–H and O–H groups in total. The maximum absolute atomic E-state index is 3.99. The van der Waals surface area contributed by atoms with Crippen LogP contribution in [0.2, 0.25) is 0 Å². The van der Waals surface area contributed by atoms with E-state index in [0.29, 0.717) is 17.0 Å². The largest absolute Gasteiger partial charge is 0.314 e. The highest BCUT2D eigenvalue weighted by atomic mass is 31.1. The first-order valence-electron chi connectivity index (χ1n) is 16.5. The molecule has 4 saturated carbocycles. The van der Waals surface area contributed by atoms with Crippen LogP contribution in [0.15, 0.2) is 12.1 Å². The van der Waals surface area contributed by atoms with Gasteiger partial charge < -0.3 is 21.3 Å². The fourth-order valence-electron chi connectivity index (χ4n) is 9.84. The van der Waals surface area contributed by atoms with Gasteiger partial charge in [-0.15, -0.1) is 9.24 Å². The molecule has 6 heteroatoms. The number of rotatable bonds is 6. The quantitative estimate of drug-likeness (QED) is 0.316. The third kappa shape index (κ3) is 5.62. The van der Waals surface area contributed by atoms with E-state index in [1.165, 1.54) is 44.4 Å². The molecule has 4 bridgehead atoms. The second-order valence-electron chi connectivity index (χ2n) is 16.2. The second kappa shape index (κ2) is 11.4. The predicted molar refractivity (Wildman–Crippen MR) is 177 cm³/mol. The first kappa shape index (κ1) is 30.0. The molecule has 2 saturated heterocycles. The van der Waals surface area contributed by atoms with Crippen molar-refractivity contribution in [1.82, 2.24) is 21.3 Å². The van der Waals surface area contributed by atoms with Crippen LogP contribution in [-0.2, 0) is 22.4 Å². The lowest BCUT2D eigenvalue weighted by Gasteiger charge is -2.62. The van der Waals surface area contributed by atoms with E-state index in [1.807, 2.05) is 0 Å². The topological polar surface area (TPSA) is 48.1 Å². The lowest BCUT2D eigenvalue weighted by atomic mass is 9.43. The monoisotopic (exact) mass is 584 g/mol. The number of hydrogen-bond acceptors (Lipinski definition) is 4. The summed E-state index contributed by atoms with van der Waals surface area (Å²) in [4.78, 5) is 0. The third-order valence-electron chi connectivity index (χ3n) is 11.4. The molecule has 6 fully saturated rings. The van der Waals surface area contributed by atoms with Crippen molar-refractivity contribution in [2.24, 2.45) is 23.7 Å². The molecule has 0 amide bonds. The van der Waals surface area contributed by atoms with E-state index in [-0.39, 0.29) is 18.8 Å². The maximum Gasteiger partial charge on any atom is 0.0413 e. The van der Waals surface area contributed by atoms with E-state index in [1.54, 1.807) is 22.3 Å². The molecule has 2 aliphatic heterocycles. The molecule has 1 aromatic carbocycles. The average molecular weight is 585 g/mol. The Labute approximate surface area is 249 Å². The standard InChI is InChI=1S/C34H58N4P2/c1-32(2,3)27-14-25(21-40(30-18-35-7-9-37-30)31-19-36-8-10-38-31)26(15-28(27)33(4,5)6)34-16-22-11-23(17-34)13-24(12-22)29(34)20-39/h14-15,22-24,29-31,35-38H,7-13,16-21,39H2,1-6H3. The zero-order valence-electron chi connectivity index (χ0n) is 26.3. The normalized spacial score (nSPS) is 37.1. The van der Waals surface area contributed by atoms with Gasteiger partial charge in [-0.05, 0) is 107 Å². The minimum atomic E-state index is -0.288. The van der Waals surface area contributed by atoms with Gasteiger partial charge in [0.2, 0.25) is 0 Å². The summed E-state index contributed by atoms with van der Waals surface area (Å²) in [6.07, 6.45) is 9.89. The van der Waals surface area contributed by atoms with Crippen LogP contribution < -0.4 is 21.3 Å². The van der Waals surface area contributed by atoms with Gasteiger partial charge >= 0.3 is 0 Å². The van der Waals surface area contributed by atoms with Crippen molar-refractivity contribution >= 4 is 17.2 Å². The highest BCUT2D eigenvalue weighted by molar-refractivity contribution is 7.58. The van der Waals surface area contributed by atoms with Gasteiger partial charge in [0.25, 0.3) is 0 Å². The van der Waals surface area contributed by atoms with Crippen LogP contribution in [0.3, 0.4) is 0 Å². The Morgan fingerprint density at radius 1 is 0.800 bits per heavy atom. The van der Waals surface area contributed by atoms with Gasteiger partial charge in [-0.25, -0.2) is 0 Å². The molecular weight excluding hydrogens is 526 g/mol. The average Bonchev–Trinajstić information content (AvgIpc) is 2.91. The van der Waals surface area contributed by atoms with Crippen LogP contribution in [0.5, 0.6) is 0 Å². The van der Waals surface area contributed by atoms with Crippen molar-refractivity contribution in [3.8, 4) is 0 Å². The van der Waals surface area contributed by atoms with E-state index >= 15 is 0 Å². The van der Waals surface area contributed by atoms with E-state index in [2.05, 4.69) is 84.2 Å². The third-order valence-corrected chi connectivity index (χ3v) is 14.9. The Bertz CT molecular complexity index is 1020. The van der Waals surface area contributed by atoms with Crippen molar-refractivity contribution in [2.45, 2.75) is 108 Å². The van der Waals surface area contributed by atoms with E-state index in [4.69, 9.17) is 0 Å². The van der Waals surface area contributed by atoms with E-state index in [9.17, 15) is 0 Å². The summed E-state index contributed by atoms with van der Waals surface area (Å²) in [5.74, 6) is 4.81. The molecule has 1 aromatic rings. The van der Waals surface area contributed by atoms with Gasteiger partial charge in [-0.3, -0.25) is 0 Å². The second-order valence-corrected chi connectivity index (χ2v) is 19.2. The Hall–Kier alpha value is -0.0800. The van der Waals surface area contributed by atoms with Crippen LogP contribution in [0.4, 0.5) is 0 Å². The summed E-state index contributed by atoms with van der Waals surface area (Å²) in [5.41, 5.74) is 7.35. The van der Waals surface area contributed by atoms with Gasteiger partial charge in [-0.1, -0.05) is 61.6 Å². The van der Waals surface area contributed by atoms with Gasteiger partial charge in [0.1, 0.15) is 0 Å². The zero-order valence-corrected chi connectivity index (χ0v) is 28.4. The summed E-state index contributed by atoms with van der Waals surface area (Å²) in [5, 5.41) is 15.5. The first-order valence-corrected chi connectivity index (χ1v) is 19.0. The number of nitrogens with one attached hydrogen (secondary N) is 4. The molecule has 40 heavy (non-hydrogen) atoms. The van der Waals surface area contributed by atoms with Crippen LogP contribution >= 0.6 is 17.2 Å². The van der Waals surface area contributed by atoms with Crippen molar-refractivity contribution in [3.05, 3.63) is 34.4 Å². The summed E-state index contributed by atoms with van der Waals surface area (Å²) < 4.78 is 0. The highest BCUT2D eigenvalue weighted by Crippen LogP contribution is 2.65. The lowest BCUT2D eigenvalue weighted by molar-refractivity contribution is -0.0521. The molecule has 0 spiro atoms. The fourth-order valence-corrected chi connectivity index (χ4v) is 13.7. The predicted octanol–water partition coefficient (Wildman–Crippen LogP) is 5.87. The molecule has 6 atom stereocenters. The van der Waals surface area contributed by atoms with E-state index in [0.717, 1.165) is 62.9 Å². The lowest BCUT2D eigenvalue weighted by Crippen LogP contribution is -2.56. The molecule has 2 heterocycles. The molecular formula is C34H58N4P2. The Morgan fingerprint density at radius 3 is 1.82 bits per heavy atom. The van der Waals surface area contributed by atoms with Crippen LogP contribution in [-0.4, -0.2) is 57.0 Å². The number of benzene rings is 1. The van der Waals surface area contributed by atoms with Crippen molar-refractivity contribution < 1.29 is 0 Å². The molecule has 0 aromatic heterocycles. The van der Waals surface area contributed by atoms with Crippen LogP contribution in [0.25, 0.3) is 0 Å². The van der Waals surface area contributed by atoms with Crippen LogP contribution in [0.1, 0.15) is 95.9 Å². The highest BCUT2D eigenvalue weighted by Gasteiger charge is 2.57. The molecule has 0 radical (unpaired) electrons. The van der Waals surface area contributed by atoms with E-state index < -0.39 is 0 Å². The summed E-state index contributed by atoms with van der Waals surface area (Å²) in [6.45, 7) is 21.3. The number of piperazine rings is 2. The van der Waals surface area contributed by atoms with Gasteiger partial charge in [0, 0.05) is 50.8 Å². The maximum atomic E-state index is 3.99. The number of hydrogen-bond donors (Lipinski definition) is 4. The zero-order chi connectivity index (χ0) is 28.3. The van der Waals surface area contributed by atoms with Crippen molar-refractivity contribution in [2.75, 3.05) is 45.4 Å². The van der Waals surface area contributed by atoms with Crippen molar-refractivity contribution in [3.63, 3.8) is 0 Å². The summed E-state index contributed by atoms with van der Waals surface area (Å²) in [6, 6.07) is 5.57. The fraction of sp³-hybridized carbons (Fsp3) is 0.824. The smallest absolute Gasteiger partial charge is 0.0413 e.